The Morgan fingerprint density at radius 1 is 0.964 bits per heavy atom. The summed E-state index contributed by atoms with van der Waals surface area (Å²) >= 11 is 0. The van der Waals surface area contributed by atoms with Crippen LogP contribution >= 0.6 is 0 Å². The highest BCUT2D eigenvalue weighted by atomic mass is 32.2. The van der Waals surface area contributed by atoms with Crippen LogP contribution in [0.4, 0.5) is 5.69 Å². The van der Waals surface area contributed by atoms with Crippen molar-refractivity contribution >= 4 is 32.7 Å². The molecule has 0 aliphatic carbocycles. The minimum Gasteiger partial charge on any atom is -0.478 e. The van der Waals surface area contributed by atoms with Gasteiger partial charge < -0.3 is 5.11 Å². The average Bonchev–Trinajstić information content (AvgIpc) is 3.12. The molecule has 0 saturated carbocycles. The van der Waals surface area contributed by atoms with Gasteiger partial charge in [-0.1, -0.05) is 18.2 Å². The lowest BCUT2D eigenvalue weighted by Crippen LogP contribution is -2.13. The van der Waals surface area contributed by atoms with E-state index in [2.05, 4.69) is 9.71 Å². The molecule has 0 unspecified atom stereocenters. The third-order valence-electron chi connectivity index (χ3n) is 4.24. The molecule has 8 heteroatoms. The van der Waals surface area contributed by atoms with E-state index < -0.39 is 16.0 Å². The van der Waals surface area contributed by atoms with E-state index in [-0.39, 0.29) is 10.5 Å². The van der Waals surface area contributed by atoms with Crippen LogP contribution in [0.1, 0.15) is 10.4 Å². The molecule has 0 fully saturated rings. The van der Waals surface area contributed by atoms with Gasteiger partial charge in [0.1, 0.15) is 6.33 Å². The number of nitrogens with one attached hydrogen (secondary N) is 1. The van der Waals surface area contributed by atoms with Crippen LogP contribution in [-0.2, 0) is 10.0 Å². The van der Waals surface area contributed by atoms with Gasteiger partial charge in [0.15, 0.2) is 0 Å². The fourth-order valence-corrected chi connectivity index (χ4v) is 3.92. The number of benzene rings is 3. The number of carbonyl (C=O) groups is 1. The number of aromatic carboxylic acids is 1. The molecule has 7 nitrogen and oxygen atoms in total. The second-order valence-corrected chi connectivity index (χ2v) is 7.77. The van der Waals surface area contributed by atoms with Crippen molar-refractivity contribution in [2.75, 3.05) is 4.72 Å². The number of aromatic nitrogens is 2. The Balaban J connectivity index is 1.65. The first-order chi connectivity index (χ1) is 13.4. The summed E-state index contributed by atoms with van der Waals surface area (Å²) in [6.45, 7) is 0. The number of hydrogen-bond acceptors (Lipinski definition) is 4. The zero-order chi connectivity index (χ0) is 19.7. The van der Waals surface area contributed by atoms with Crippen molar-refractivity contribution < 1.29 is 18.3 Å². The lowest BCUT2D eigenvalue weighted by atomic mass is 10.2. The predicted molar refractivity (Wildman–Crippen MR) is 105 cm³/mol. The molecule has 3 aromatic carbocycles. The van der Waals surface area contributed by atoms with Gasteiger partial charge in [0, 0.05) is 5.69 Å². The normalized spacial score (nSPS) is 11.4. The van der Waals surface area contributed by atoms with E-state index in [0.29, 0.717) is 5.69 Å². The summed E-state index contributed by atoms with van der Waals surface area (Å²) in [4.78, 5) is 15.3. The number of rotatable bonds is 5. The Morgan fingerprint density at radius 3 is 2.46 bits per heavy atom. The summed E-state index contributed by atoms with van der Waals surface area (Å²) in [5, 5.41) is 8.94. The molecule has 2 N–H and O–H groups in total. The Kier molecular flexibility index (Phi) is 4.32. The SMILES string of the molecule is O=C(O)c1ccc(S(=O)(=O)Nc2cccc(-n3cnc4ccccc43)c2)cc1. The minimum absolute atomic E-state index is 0.0176. The van der Waals surface area contributed by atoms with Crippen molar-refractivity contribution in [3.05, 3.63) is 84.7 Å². The molecule has 28 heavy (non-hydrogen) atoms. The first-order valence-electron chi connectivity index (χ1n) is 8.33. The molecule has 4 rings (SSSR count). The number of fused-ring (bicyclic) bond motifs is 1. The fourth-order valence-electron chi connectivity index (χ4n) is 2.87. The van der Waals surface area contributed by atoms with Gasteiger partial charge in [0.25, 0.3) is 10.0 Å². The maximum absolute atomic E-state index is 12.6. The Morgan fingerprint density at radius 2 is 1.71 bits per heavy atom. The van der Waals surface area contributed by atoms with Crippen LogP contribution in [-0.4, -0.2) is 29.0 Å². The molecule has 0 atom stereocenters. The zero-order valence-electron chi connectivity index (χ0n) is 14.5. The van der Waals surface area contributed by atoms with Crippen molar-refractivity contribution in [2.24, 2.45) is 0 Å². The third-order valence-corrected chi connectivity index (χ3v) is 5.64. The molecule has 0 bridgehead atoms. The average molecular weight is 393 g/mol. The van der Waals surface area contributed by atoms with Crippen LogP contribution < -0.4 is 4.72 Å². The molecule has 4 aromatic rings. The number of nitrogens with zero attached hydrogens (tertiary/aromatic N) is 2. The van der Waals surface area contributed by atoms with Gasteiger partial charge >= 0.3 is 5.97 Å². The van der Waals surface area contributed by atoms with E-state index in [4.69, 9.17) is 5.11 Å². The molecule has 0 amide bonds. The molecule has 0 saturated heterocycles. The van der Waals surface area contributed by atoms with Crippen LogP contribution in [0.3, 0.4) is 0 Å². The molecular weight excluding hydrogens is 378 g/mol. The maximum Gasteiger partial charge on any atom is 0.335 e. The number of carboxylic acids is 1. The van der Waals surface area contributed by atoms with Gasteiger partial charge in [-0.15, -0.1) is 0 Å². The van der Waals surface area contributed by atoms with Crippen LogP contribution in [0.25, 0.3) is 16.7 Å². The molecule has 1 aromatic heterocycles. The number of anilines is 1. The van der Waals surface area contributed by atoms with E-state index in [0.717, 1.165) is 16.7 Å². The Labute approximate surface area is 160 Å². The van der Waals surface area contributed by atoms with Crippen molar-refractivity contribution in [3.8, 4) is 5.69 Å². The lowest BCUT2D eigenvalue weighted by Gasteiger charge is -2.11. The minimum atomic E-state index is -3.85. The Hall–Kier alpha value is -3.65. The first kappa shape index (κ1) is 17.7. The maximum atomic E-state index is 12.6. The van der Waals surface area contributed by atoms with E-state index in [1.54, 1.807) is 24.5 Å². The second kappa shape index (κ2) is 6.82. The smallest absolute Gasteiger partial charge is 0.335 e. The number of carboxylic acid groups (broad SMARTS) is 1. The topological polar surface area (TPSA) is 101 Å². The largest absolute Gasteiger partial charge is 0.478 e. The van der Waals surface area contributed by atoms with Crippen molar-refractivity contribution in [3.63, 3.8) is 0 Å². The highest BCUT2D eigenvalue weighted by Crippen LogP contribution is 2.22. The van der Waals surface area contributed by atoms with E-state index in [1.807, 2.05) is 34.9 Å². The van der Waals surface area contributed by atoms with Gasteiger partial charge in [-0.25, -0.2) is 18.2 Å². The summed E-state index contributed by atoms with van der Waals surface area (Å²) < 4.78 is 29.6. The summed E-state index contributed by atoms with van der Waals surface area (Å²) in [6, 6.07) is 19.6. The van der Waals surface area contributed by atoms with Crippen LogP contribution in [0.5, 0.6) is 0 Å². The summed E-state index contributed by atoms with van der Waals surface area (Å²) in [5.41, 5.74) is 2.92. The fraction of sp³-hybridized carbons (Fsp3) is 0. The molecular formula is C20H15N3O4S. The molecule has 0 aliphatic heterocycles. The standard InChI is InChI=1S/C20H15N3O4S/c24-20(25)14-8-10-17(11-9-14)28(26,27)22-15-4-3-5-16(12-15)23-13-21-18-6-1-2-7-19(18)23/h1-13,22H,(H,24,25). The second-order valence-electron chi connectivity index (χ2n) is 6.09. The van der Waals surface area contributed by atoms with Crippen LogP contribution in [0.2, 0.25) is 0 Å². The van der Waals surface area contributed by atoms with Crippen molar-refractivity contribution in [2.45, 2.75) is 4.90 Å². The molecule has 0 aliphatic rings. The van der Waals surface area contributed by atoms with Crippen molar-refractivity contribution in [1.82, 2.24) is 9.55 Å². The first-order valence-corrected chi connectivity index (χ1v) is 9.81. The van der Waals surface area contributed by atoms with Crippen LogP contribution in [0, 0.1) is 0 Å². The summed E-state index contributed by atoms with van der Waals surface area (Å²) in [6.07, 6.45) is 1.68. The lowest BCUT2D eigenvalue weighted by molar-refractivity contribution is 0.0696. The van der Waals surface area contributed by atoms with Gasteiger partial charge in [-0.05, 0) is 54.6 Å². The summed E-state index contributed by atoms with van der Waals surface area (Å²) in [7, 11) is -3.85. The predicted octanol–water partition coefficient (Wildman–Crippen LogP) is 3.52. The van der Waals surface area contributed by atoms with Gasteiger partial charge in [-0.3, -0.25) is 9.29 Å². The van der Waals surface area contributed by atoms with E-state index in [1.165, 1.54) is 24.3 Å². The Bertz CT molecular complexity index is 1280. The number of para-hydroxylation sites is 2. The number of hydrogen-bond donors (Lipinski definition) is 2. The zero-order valence-corrected chi connectivity index (χ0v) is 15.3. The number of imidazole rings is 1. The molecule has 0 spiro atoms. The number of sulfonamides is 1. The van der Waals surface area contributed by atoms with Crippen molar-refractivity contribution in [1.29, 1.82) is 0 Å². The van der Waals surface area contributed by atoms with Crippen LogP contribution in [0.15, 0.2) is 84.0 Å². The quantitative estimate of drug-likeness (QED) is 0.540. The van der Waals surface area contributed by atoms with Gasteiger partial charge in [-0.2, -0.15) is 0 Å². The highest BCUT2D eigenvalue weighted by molar-refractivity contribution is 7.92. The van der Waals surface area contributed by atoms with Gasteiger partial charge in [0.2, 0.25) is 0 Å². The van der Waals surface area contributed by atoms with E-state index >= 15 is 0 Å². The highest BCUT2D eigenvalue weighted by Gasteiger charge is 2.15. The summed E-state index contributed by atoms with van der Waals surface area (Å²) in [5.74, 6) is -1.11. The molecule has 140 valence electrons. The monoisotopic (exact) mass is 393 g/mol. The van der Waals surface area contributed by atoms with Gasteiger partial charge in [0.05, 0.1) is 27.2 Å². The molecule has 1 heterocycles. The van der Waals surface area contributed by atoms with E-state index in [9.17, 15) is 13.2 Å². The third kappa shape index (κ3) is 3.33. The molecule has 0 radical (unpaired) electrons.